The molecule has 3 aromatic rings. The Labute approximate surface area is 190 Å². The molecule has 1 aliphatic heterocycles. The lowest BCUT2D eigenvalue weighted by Gasteiger charge is -2.16. The number of hydrogen-bond acceptors (Lipinski definition) is 7. The summed E-state index contributed by atoms with van der Waals surface area (Å²) in [7, 11) is 0.754. The summed E-state index contributed by atoms with van der Waals surface area (Å²) >= 11 is 0. The van der Waals surface area contributed by atoms with Crippen molar-refractivity contribution in [3.8, 4) is 5.88 Å². The van der Waals surface area contributed by atoms with Gasteiger partial charge in [-0.2, -0.15) is 15.1 Å². The van der Waals surface area contributed by atoms with E-state index in [1.54, 1.807) is 10.9 Å². The fraction of sp³-hybridized carbons (Fsp3) is 0.591. The van der Waals surface area contributed by atoms with Crippen molar-refractivity contribution in [1.82, 2.24) is 29.6 Å². The molecule has 4 heterocycles. The van der Waals surface area contributed by atoms with E-state index in [4.69, 9.17) is 14.5 Å². The van der Waals surface area contributed by atoms with Crippen LogP contribution in [0.1, 0.15) is 6.92 Å². The van der Waals surface area contributed by atoms with Gasteiger partial charge in [-0.25, -0.2) is 0 Å². The van der Waals surface area contributed by atoms with Crippen LogP contribution >= 0.6 is 0 Å². The maximum Gasteiger partial charge on any atom is 0.232 e. The van der Waals surface area contributed by atoms with E-state index in [2.05, 4.69) is 47.3 Å². The summed E-state index contributed by atoms with van der Waals surface area (Å²) in [5, 5.41) is 11.8. The number of aryl methyl sites for hydroxylation is 1. The number of ether oxygens (including phenoxy) is 2. The molecule has 4 rings (SSSR count). The summed E-state index contributed by atoms with van der Waals surface area (Å²) in [5.74, 6) is 2.15. The molecule has 2 N–H and O–H groups in total. The molecule has 0 bridgehead atoms. The smallest absolute Gasteiger partial charge is 0.232 e. The van der Waals surface area contributed by atoms with Gasteiger partial charge in [0.2, 0.25) is 11.8 Å². The van der Waals surface area contributed by atoms with Gasteiger partial charge in [-0.1, -0.05) is 26.6 Å². The Hall–Kier alpha value is -2.43. The number of rotatable bonds is 10. The second-order valence-corrected chi connectivity index (χ2v) is 15.6. The second-order valence-electron chi connectivity index (χ2n) is 9.96. The van der Waals surface area contributed by atoms with Crippen LogP contribution in [-0.4, -0.2) is 58.7 Å². The molecule has 3 aromatic heterocycles. The Morgan fingerprint density at radius 2 is 2.09 bits per heavy atom. The van der Waals surface area contributed by atoms with Gasteiger partial charge in [-0.15, -0.1) is 0 Å². The Kier molecular flexibility index (Phi) is 6.82. The first-order chi connectivity index (χ1) is 15.3. The third-order valence-electron chi connectivity index (χ3n) is 5.88. The van der Waals surface area contributed by atoms with Crippen molar-refractivity contribution in [2.75, 3.05) is 31.6 Å². The van der Waals surface area contributed by atoms with E-state index in [9.17, 15) is 0 Å². The molecule has 2 unspecified atom stereocenters. The first-order valence-electron chi connectivity index (χ1n) is 11.3. The van der Waals surface area contributed by atoms with E-state index >= 15 is 0 Å². The molecule has 1 fully saturated rings. The van der Waals surface area contributed by atoms with Gasteiger partial charge in [0.15, 0.2) is 5.65 Å². The molecule has 9 nitrogen and oxygen atoms in total. The first-order valence-corrected chi connectivity index (χ1v) is 15.0. The van der Waals surface area contributed by atoms with Crippen LogP contribution in [0.15, 0.2) is 24.7 Å². The zero-order valence-corrected chi connectivity index (χ0v) is 20.8. The molecule has 0 spiro atoms. The fourth-order valence-electron chi connectivity index (χ4n) is 3.74. The first kappa shape index (κ1) is 22.7. The summed E-state index contributed by atoms with van der Waals surface area (Å²) in [6.07, 6.45) is 5.63. The predicted octanol–water partition coefficient (Wildman–Crippen LogP) is 3.46. The number of fused-ring (bicyclic) bond motifs is 1. The van der Waals surface area contributed by atoms with E-state index in [1.165, 1.54) is 0 Å². The quantitative estimate of drug-likeness (QED) is 0.356. The molecule has 174 valence electrons. The topological polar surface area (TPSA) is 91.0 Å². The Balaban J connectivity index is 1.55. The zero-order chi connectivity index (χ0) is 22.7. The van der Waals surface area contributed by atoms with Gasteiger partial charge in [0.05, 0.1) is 23.9 Å². The van der Waals surface area contributed by atoms with Crippen molar-refractivity contribution in [3.05, 3.63) is 24.7 Å². The Morgan fingerprint density at radius 1 is 1.25 bits per heavy atom. The second kappa shape index (κ2) is 9.59. The average molecular weight is 458 g/mol. The van der Waals surface area contributed by atoms with Crippen LogP contribution in [0.5, 0.6) is 5.88 Å². The standard InChI is InChI=1S/C22H35N7O2Si/c1-16-10-23-11-17(16)14-31-21-19-6-7-29(15-30-8-9-32(3,4)5)20(19)26-22(27-21)25-18-12-24-28(2)13-18/h6-7,12-13,16-17,23H,8-11,14-15H2,1-5H3,(H,25,26,27). The van der Waals surface area contributed by atoms with E-state index in [0.29, 0.717) is 37.0 Å². The van der Waals surface area contributed by atoms with Crippen LogP contribution in [0, 0.1) is 11.8 Å². The minimum atomic E-state index is -1.12. The summed E-state index contributed by atoms with van der Waals surface area (Å²) in [5.41, 5.74) is 1.63. The van der Waals surface area contributed by atoms with Crippen LogP contribution in [0.25, 0.3) is 11.0 Å². The van der Waals surface area contributed by atoms with Crippen LogP contribution in [0.3, 0.4) is 0 Å². The van der Waals surface area contributed by atoms with Gasteiger partial charge in [0, 0.05) is 46.6 Å². The lowest BCUT2D eigenvalue weighted by Crippen LogP contribution is -2.22. The number of nitrogens with one attached hydrogen (secondary N) is 2. The van der Waals surface area contributed by atoms with Crippen molar-refractivity contribution < 1.29 is 9.47 Å². The van der Waals surface area contributed by atoms with Gasteiger partial charge < -0.3 is 24.7 Å². The summed E-state index contributed by atoms with van der Waals surface area (Å²) in [6, 6.07) is 3.15. The maximum absolute atomic E-state index is 6.24. The number of aromatic nitrogens is 5. The lowest BCUT2D eigenvalue weighted by molar-refractivity contribution is 0.0899. The van der Waals surface area contributed by atoms with Gasteiger partial charge in [0.1, 0.15) is 6.73 Å². The molecule has 0 aliphatic carbocycles. The zero-order valence-electron chi connectivity index (χ0n) is 19.8. The van der Waals surface area contributed by atoms with E-state index in [-0.39, 0.29) is 0 Å². The van der Waals surface area contributed by atoms with Crippen LogP contribution < -0.4 is 15.4 Å². The molecule has 0 radical (unpaired) electrons. The monoisotopic (exact) mass is 457 g/mol. The predicted molar refractivity (Wildman–Crippen MR) is 129 cm³/mol. The highest BCUT2D eigenvalue weighted by Crippen LogP contribution is 2.28. The molecule has 0 aromatic carbocycles. The van der Waals surface area contributed by atoms with Gasteiger partial charge in [0.25, 0.3) is 0 Å². The van der Waals surface area contributed by atoms with Crippen LogP contribution in [0.2, 0.25) is 25.7 Å². The third-order valence-corrected chi connectivity index (χ3v) is 7.59. The van der Waals surface area contributed by atoms with E-state index in [1.807, 2.05) is 30.1 Å². The maximum atomic E-state index is 6.24. The highest BCUT2D eigenvalue weighted by atomic mass is 28.3. The molecule has 0 saturated carbocycles. The van der Waals surface area contributed by atoms with E-state index in [0.717, 1.165) is 42.5 Å². The number of anilines is 2. The lowest BCUT2D eigenvalue weighted by atomic mass is 9.99. The highest BCUT2D eigenvalue weighted by Gasteiger charge is 2.24. The van der Waals surface area contributed by atoms with Crippen LogP contribution in [0.4, 0.5) is 11.6 Å². The van der Waals surface area contributed by atoms with Gasteiger partial charge in [-0.05, 0) is 24.6 Å². The minimum Gasteiger partial charge on any atom is -0.477 e. The van der Waals surface area contributed by atoms with Crippen molar-refractivity contribution in [2.24, 2.45) is 18.9 Å². The fourth-order valence-corrected chi connectivity index (χ4v) is 4.49. The van der Waals surface area contributed by atoms with E-state index < -0.39 is 8.07 Å². The third kappa shape index (κ3) is 5.67. The van der Waals surface area contributed by atoms with Crippen molar-refractivity contribution in [2.45, 2.75) is 39.3 Å². The SMILES string of the molecule is CC1CNCC1COc1nc(Nc2cnn(C)c2)nc2c1ccn2COCC[Si](C)(C)C. The Bertz CT molecular complexity index is 1040. The molecule has 1 saturated heterocycles. The number of nitrogens with zero attached hydrogens (tertiary/aromatic N) is 5. The minimum absolute atomic E-state index is 0.459. The van der Waals surface area contributed by atoms with Crippen molar-refractivity contribution >= 4 is 30.7 Å². The average Bonchev–Trinajstić information content (AvgIpc) is 3.43. The van der Waals surface area contributed by atoms with Gasteiger partial charge >= 0.3 is 0 Å². The van der Waals surface area contributed by atoms with Crippen molar-refractivity contribution in [3.63, 3.8) is 0 Å². The highest BCUT2D eigenvalue weighted by molar-refractivity contribution is 6.76. The van der Waals surface area contributed by atoms with Crippen molar-refractivity contribution in [1.29, 1.82) is 0 Å². The largest absolute Gasteiger partial charge is 0.477 e. The Morgan fingerprint density at radius 3 is 2.78 bits per heavy atom. The summed E-state index contributed by atoms with van der Waals surface area (Å²) in [6.45, 7) is 13.2. The van der Waals surface area contributed by atoms with Crippen LogP contribution in [-0.2, 0) is 18.5 Å². The molecule has 32 heavy (non-hydrogen) atoms. The summed E-state index contributed by atoms with van der Waals surface area (Å²) in [4.78, 5) is 9.45. The van der Waals surface area contributed by atoms with Gasteiger partial charge in [-0.3, -0.25) is 4.68 Å². The number of hydrogen-bond donors (Lipinski definition) is 2. The molecule has 10 heteroatoms. The normalized spacial score (nSPS) is 19.0. The molecule has 0 amide bonds. The molecular formula is C22H35N7O2Si. The molecule has 2 atom stereocenters. The summed E-state index contributed by atoms with van der Waals surface area (Å²) < 4.78 is 16.0. The molecule has 1 aliphatic rings. The molecular weight excluding hydrogens is 422 g/mol.